The van der Waals surface area contributed by atoms with Crippen molar-refractivity contribution < 1.29 is 9.47 Å². The highest BCUT2D eigenvalue weighted by atomic mass is 35.5. The van der Waals surface area contributed by atoms with Gasteiger partial charge in [0.2, 0.25) is 0 Å². The largest absolute Gasteiger partial charge is 0.359 e. The molecule has 7 heteroatoms. The third-order valence-corrected chi connectivity index (χ3v) is 3.42. The van der Waals surface area contributed by atoms with Gasteiger partial charge < -0.3 is 20.1 Å². The molecule has 0 atom stereocenters. The number of thiocarbonyl (C=S) groups is 1. The molecule has 0 saturated heterocycles. The van der Waals surface area contributed by atoms with Crippen molar-refractivity contribution in [3.63, 3.8) is 0 Å². The maximum Gasteiger partial charge on any atom is 0.174 e. The van der Waals surface area contributed by atoms with Crippen molar-refractivity contribution in [3.8, 4) is 0 Å². The summed E-state index contributed by atoms with van der Waals surface area (Å²) in [5, 5.41) is 7.63. The standard InChI is InChI=1S/C12H16Cl2N2O2S/c1-17-11(18-2)7-16-12(19)15-6-8-3-4-9(13)10(14)5-8/h3-5,11H,6-7H2,1-2H3,(H2,15,16,19). The molecule has 0 radical (unpaired) electrons. The summed E-state index contributed by atoms with van der Waals surface area (Å²) in [6, 6.07) is 5.44. The molecule has 0 aliphatic carbocycles. The Balaban J connectivity index is 2.35. The van der Waals surface area contributed by atoms with E-state index in [1.807, 2.05) is 6.07 Å². The Labute approximate surface area is 128 Å². The van der Waals surface area contributed by atoms with E-state index in [9.17, 15) is 0 Å². The van der Waals surface area contributed by atoms with Crippen LogP contribution >= 0.6 is 35.4 Å². The number of hydrogen-bond acceptors (Lipinski definition) is 3. The molecule has 1 rings (SSSR count). The second-order valence-electron chi connectivity index (χ2n) is 3.71. The van der Waals surface area contributed by atoms with Crippen LogP contribution in [0.15, 0.2) is 18.2 Å². The number of methoxy groups -OCH3 is 2. The Morgan fingerprint density at radius 1 is 1.21 bits per heavy atom. The number of halogens is 2. The van der Waals surface area contributed by atoms with Gasteiger partial charge in [-0.05, 0) is 29.9 Å². The van der Waals surface area contributed by atoms with Crippen molar-refractivity contribution in [2.75, 3.05) is 20.8 Å². The van der Waals surface area contributed by atoms with Crippen LogP contribution in [0.3, 0.4) is 0 Å². The summed E-state index contributed by atoms with van der Waals surface area (Å²) in [5.74, 6) is 0. The van der Waals surface area contributed by atoms with Gasteiger partial charge in [-0.1, -0.05) is 29.3 Å². The molecule has 0 unspecified atom stereocenters. The molecule has 2 N–H and O–H groups in total. The Kier molecular flexibility index (Phi) is 7.41. The molecule has 0 heterocycles. The summed E-state index contributed by atoms with van der Waals surface area (Å²) in [5.41, 5.74) is 0.994. The van der Waals surface area contributed by atoms with Crippen LogP contribution in [0.2, 0.25) is 10.0 Å². The first-order valence-electron chi connectivity index (χ1n) is 5.58. The Hall–Kier alpha value is -0.590. The van der Waals surface area contributed by atoms with Gasteiger partial charge in [0.1, 0.15) is 0 Å². The van der Waals surface area contributed by atoms with Gasteiger partial charge in [-0.2, -0.15) is 0 Å². The van der Waals surface area contributed by atoms with Gasteiger partial charge in [0.15, 0.2) is 11.4 Å². The maximum atomic E-state index is 5.93. The van der Waals surface area contributed by atoms with E-state index < -0.39 is 0 Å². The van der Waals surface area contributed by atoms with Crippen molar-refractivity contribution in [1.82, 2.24) is 10.6 Å². The molecule has 4 nitrogen and oxygen atoms in total. The first-order valence-corrected chi connectivity index (χ1v) is 6.74. The molecule has 19 heavy (non-hydrogen) atoms. The summed E-state index contributed by atoms with van der Waals surface area (Å²) >= 11 is 16.9. The first-order chi connectivity index (χ1) is 9.06. The van der Waals surface area contributed by atoms with Crippen molar-refractivity contribution in [1.29, 1.82) is 0 Å². The van der Waals surface area contributed by atoms with Gasteiger partial charge in [0.25, 0.3) is 0 Å². The minimum atomic E-state index is -0.329. The van der Waals surface area contributed by atoms with Crippen LogP contribution in [0.5, 0.6) is 0 Å². The minimum Gasteiger partial charge on any atom is -0.359 e. The number of nitrogens with one attached hydrogen (secondary N) is 2. The second kappa shape index (κ2) is 8.55. The van der Waals surface area contributed by atoms with Crippen molar-refractivity contribution in [3.05, 3.63) is 33.8 Å². The molecule has 0 amide bonds. The minimum absolute atomic E-state index is 0.329. The highest BCUT2D eigenvalue weighted by molar-refractivity contribution is 7.80. The fraction of sp³-hybridized carbons (Fsp3) is 0.417. The average Bonchev–Trinajstić information content (AvgIpc) is 2.41. The Bertz CT molecular complexity index is 428. The third kappa shape index (κ3) is 5.93. The highest BCUT2D eigenvalue weighted by Gasteiger charge is 2.05. The first kappa shape index (κ1) is 16.5. The summed E-state index contributed by atoms with van der Waals surface area (Å²) in [7, 11) is 3.14. The van der Waals surface area contributed by atoms with E-state index in [4.69, 9.17) is 44.9 Å². The van der Waals surface area contributed by atoms with Gasteiger partial charge in [0, 0.05) is 20.8 Å². The predicted octanol–water partition coefficient (Wildman–Crippen LogP) is 2.58. The number of ether oxygens (including phenoxy) is 2. The monoisotopic (exact) mass is 322 g/mol. The quantitative estimate of drug-likeness (QED) is 0.622. The number of hydrogen-bond donors (Lipinski definition) is 2. The molecule has 106 valence electrons. The van der Waals surface area contributed by atoms with Crippen LogP contribution in [0.4, 0.5) is 0 Å². The number of rotatable bonds is 6. The molecule has 1 aromatic rings. The van der Waals surface area contributed by atoms with Gasteiger partial charge >= 0.3 is 0 Å². The van der Waals surface area contributed by atoms with E-state index in [2.05, 4.69) is 10.6 Å². The SMILES string of the molecule is COC(CNC(=S)NCc1ccc(Cl)c(Cl)c1)OC. The lowest BCUT2D eigenvalue weighted by molar-refractivity contribution is -0.0965. The predicted molar refractivity (Wildman–Crippen MR) is 81.7 cm³/mol. The van der Waals surface area contributed by atoms with E-state index in [-0.39, 0.29) is 6.29 Å². The van der Waals surface area contributed by atoms with Gasteiger partial charge in [0.05, 0.1) is 16.6 Å². The summed E-state index contributed by atoms with van der Waals surface area (Å²) in [6.45, 7) is 1.04. The van der Waals surface area contributed by atoms with Crippen LogP contribution in [-0.2, 0) is 16.0 Å². The van der Waals surface area contributed by atoms with Crippen LogP contribution in [0, 0.1) is 0 Å². The summed E-state index contributed by atoms with van der Waals surface area (Å²) in [4.78, 5) is 0. The van der Waals surface area contributed by atoms with Gasteiger partial charge in [-0.15, -0.1) is 0 Å². The lowest BCUT2D eigenvalue weighted by Crippen LogP contribution is -2.40. The van der Waals surface area contributed by atoms with Crippen molar-refractivity contribution in [2.45, 2.75) is 12.8 Å². The molecule has 0 aliphatic rings. The van der Waals surface area contributed by atoms with E-state index >= 15 is 0 Å². The van der Waals surface area contributed by atoms with E-state index in [1.165, 1.54) is 0 Å². The Morgan fingerprint density at radius 2 is 1.89 bits per heavy atom. The molecular weight excluding hydrogens is 307 g/mol. The fourth-order valence-corrected chi connectivity index (χ4v) is 1.81. The van der Waals surface area contributed by atoms with Crippen molar-refractivity contribution >= 4 is 40.5 Å². The third-order valence-electron chi connectivity index (χ3n) is 2.39. The van der Waals surface area contributed by atoms with E-state index in [0.29, 0.717) is 28.2 Å². The van der Waals surface area contributed by atoms with Crippen molar-refractivity contribution in [2.24, 2.45) is 0 Å². The molecule has 0 bridgehead atoms. The average molecular weight is 323 g/mol. The molecule has 1 aromatic carbocycles. The van der Waals surface area contributed by atoms with E-state index in [0.717, 1.165) is 5.56 Å². The molecule has 0 aromatic heterocycles. The lowest BCUT2D eigenvalue weighted by atomic mass is 10.2. The second-order valence-corrected chi connectivity index (χ2v) is 4.94. The van der Waals surface area contributed by atoms with Crippen LogP contribution < -0.4 is 10.6 Å². The maximum absolute atomic E-state index is 5.93. The van der Waals surface area contributed by atoms with Crippen LogP contribution in [-0.4, -0.2) is 32.2 Å². The van der Waals surface area contributed by atoms with Crippen LogP contribution in [0.1, 0.15) is 5.56 Å². The van der Waals surface area contributed by atoms with E-state index in [1.54, 1.807) is 26.4 Å². The zero-order valence-electron chi connectivity index (χ0n) is 10.7. The molecule has 0 fully saturated rings. The zero-order chi connectivity index (χ0) is 14.3. The van der Waals surface area contributed by atoms with Gasteiger partial charge in [-0.3, -0.25) is 0 Å². The Morgan fingerprint density at radius 3 is 2.47 bits per heavy atom. The molecule has 0 saturated carbocycles. The molecule has 0 spiro atoms. The normalized spacial score (nSPS) is 10.6. The fourth-order valence-electron chi connectivity index (χ4n) is 1.33. The highest BCUT2D eigenvalue weighted by Crippen LogP contribution is 2.22. The smallest absolute Gasteiger partial charge is 0.174 e. The summed E-state index contributed by atoms with van der Waals surface area (Å²) in [6.07, 6.45) is -0.329. The van der Waals surface area contributed by atoms with Crippen LogP contribution in [0.25, 0.3) is 0 Å². The lowest BCUT2D eigenvalue weighted by Gasteiger charge is -2.16. The zero-order valence-corrected chi connectivity index (χ0v) is 13.0. The molecule has 0 aliphatic heterocycles. The summed E-state index contributed by atoms with van der Waals surface area (Å²) < 4.78 is 10.1. The number of benzene rings is 1. The van der Waals surface area contributed by atoms with Gasteiger partial charge in [-0.25, -0.2) is 0 Å². The topological polar surface area (TPSA) is 42.5 Å². The molecular formula is C12H16Cl2N2O2S.